The van der Waals surface area contributed by atoms with E-state index in [1.165, 1.54) is 6.08 Å². The number of hydrogen-bond donors (Lipinski definition) is 2. The molecule has 0 fully saturated rings. The Morgan fingerprint density at radius 1 is 1.27 bits per heavy atom. The molecule has 22 heavy (non-hydrogen) atoms. The summed E-state index contributed by atoms with van der Waals surface area (Å²) in [6.07, 6.45) is 3.18. The molecule has 0 atom stereocenters. The second-order valence-electron chi connectivity index (χ2n) is 4.93. The maximum Gasteiger partial charge on any atom is 0.185 e. The minimum Gasteiger partial charge on any atom is -0.508 e. The highest BCUT2D eigenvalue weighted by Gasteiger charge is 2.07. The Morgan fingerprint density at radius 2 is 1.95 bits per heavy atom. The molecule has 0 heterocycles. The fraction of sp³-hybridized carbons (Fsp3) is 0.167. The van der Waals surface area contributed by atoms with Crippen LogP contribution in [0.3, 0.4) is 0 Å². The van der Waals surface area contributed by atoms with Crippen molar-refractivity contribution in [2.24, 2.45) is 0 Å². The summed E-state index contributed by atoms with van der Waals surface area (Å²) >= 11 is 0. The number of ether oxygens (including phenoxy) is 1. The van der Waals surface area contributed by atoms with Crippen LogP contribution in [-0.2, 0) is 0 Å². The first-order valence-electron chi connectivity index (χ1n) is 7.05. The Balaban J connectivity index is 2.27. The molecule has 4 nitrogen and oxygen atoms in total. The van der Waals surface area contributed by atoms with Crippen molar-refractivity contribution >= 4 is 17.5 Å². The van der Waals surface area contributed by atoms with Gasteiger partial charge in [0.25, 0.3) is 0 Å². The zero-order valence-electron chi connectivity index (χ0n) is 12.7. The first-order valence-corrected chi connectivity index (χ1v) is 7.05. The van der Waals surface area contributed by atoms with E-state index in [9.17, 15) is 9.90 Å². The van der Waals surface area contributed by atoms with Crippen molar-refractivity contribution in [1.29, 1.82) is 0 Å². The molecule has 2 aromatic rings. The van der Waals surface area contributed by atoms with Crippen molar-refractivity contribution in [1.82, 2.24) is 0 Å². The quantitative estimate of drug-likeness (QED) is 0.502. The Kier molecular flexibility index (Phi) is 4.84. The summed E-state index contributed by atoms with van der Waals surface area (Å²) in [5.74, 6) is 0.602. The van der Waals surface area contributed by atoms with Crippen LogP contribution >= 0.6 is 0 Å². The Labute approximate surface area is 129 Å². The lowest BCUT2D eigenvalue weighted by molar-refractivity contribution is 0.104. The number of aromatic hydroxyl groups is 1. The first kappa shape index (κ1) is 15.6. The summed E-state index contributed by atoms with van der Waals surface area (Å²) in [7, 11) is 0. The molecule has 0 bridgehead atoms. The summed E-state index contributed by atoms with van der Waals surface area (Å²) in [5, 5.41) is 9.75. The lowest BCUT2D eigenvalue weighted by Crippen LogP contribution is -1.97. The highest BCUT2D eigenvalue weighted by molar-refractivity contribution is 6.07. The van der Waals surface area contributed by atoms with Crippen LogP contribution in [0.2, 0.25) is 0 Å². The average molecular weight is 297 g/mol. The van der Waals surface area contributed by atoms with E-state index in [2.05, 4.69) is 0 Å². The van der Waals surface area contributed by atoms with E-state index in [1.54, 1.807) is 49.4 Å². The maximum absolute atomic E-state index is 12.1. The summed E-state index contributed by atoms with van der Waals surface area (Å²) in [6.45, 7) is 4.14. The van der Waals surface area contributed by atoms with Crippen molar-refractivity contribution < 1.29 is 14.6 Å². The molecule has 2 aromatic carbocycles. The molecule has 0 radical (unpaired) electrons. The minimum absolute atomic E-state index is 0.117. The van der Waals surface area contributed by atoms with Gasteiger partial charge in [0.05, 0.1) is 6.61 Å². The van der Waals surface area contributed by atoms with Crippen molar-refractivity contribution in [3.63, 3.8) is 0 Å². The van der Waals surface area contributed by atoms with Crippen LogP contribution < -0.4 is 10.5 Å². The largest absolute Gasteiger partial charge is 0.508 e. The predicted molar refractivity (Wildman–Crippen MR) is 88.2 cm³/mol. The zero-order valence-corrected chi connectivity index (χ0v) is 12.7. The number of nitrogens with two attached hydrogens (primary N) is 1. The van der Waals surface area contributed by atoms with Crippen molar-refractivity contribution in [2.45, 2.75) is 13.8 Å². The summed E-state index contributed by atoms with van der Waals surface area (Å²) < 4.78 is 5.49. The van der Waals surface area contributed by atoms with Gasteiger partial charge in [-0.15, -0.1) is 0 Å². The third kappa shape index (κ3) is 3.67. The number of hydrogen-bond acceptors (Lipinski definition) is 4. The van der Waals surface area contributed by atoms with Gasteiger partial charge >= 0.3 is 0 Å². The van der Waals surface area contributed by atoms with Gasteiger partial charge in [-0.3, -0.25) is 4.79 Å². The van der Waals surface area contributed by atoms with Gasteiger partial charge in [-0.2, -0.15) is 0 Å². The number of carbonyl (C=O) groups excluding carboxylic acids is 1. The van der Waals surface area contributed by atoms with Gasteiger partial charge in [0, 0.05) is 22.9 Å². The molecule has 114 valence electrons. The number of allylic oxidation sites excluding steroid dienone is 1. The van der Waals surface area contributed by atoms with Crippen molar-refractivity contribution in [3.05, 3.63) is 59.2 Å². The van der Waals surface area contributed by atoms with Gasteiger partial charge in [0.2, 0.25) is 0 Å². The molecule has 0 aliphatic rings. The van der Waals surface area contributed by atoms with E-state index in [4.69, 9.17) is 10.5 Å². The SMILES string of the molecule is CCOc1cc(O)c(C)cc1/C=C/C(=O)c1ccc(N)cc1. The molecule has 0 aliphatic heterocycles. The van der Waals surface area contributed by atoms with Gasteiger partial charge in [0.1, 0.15) is 11.5 Å². The molecule has 3 N–H and O–H groups in total. The van der Waals surface area contributed by atoms with Crippen LogP contribution in [-0.4, -0.2) is 17.5 Å². The van der Waals surface area contributed by atoms with Crippen molar-refractivity contribution in [2.75, 3.05) is 12.3 Å². The third-order valence-electron chi connectivity index (χ3n) is 3.24. The Bertz CT molecular complexity index is 703. The third-order valence-corrected chi connectivity index (χ3v) is 3.24. The Morgan fingerprint density at radius 3 is 2.59 bits per heavy atom. The number of carbonyl (C=O) groups is 1. The number of aryl methyl sites for hydroxylation is 1. The van der Waals surface area contributed by atoms with Crippen LogP contribution in [0.1, 0.15) is 28.4 Å². The molecular formula is C18H19NO3. The second-order valence-corrected chi connectivity index (χ2v) is 4.93. The van der Waals surface area contributed by atoms with Crippen LogP contribution in [0.4, 0.5) is 5.69 Å². The lowest BCUT2D eigenvalue weighted by Gasteiger charge is -2.09. The van der Waals surface area contributed by atoms with E-state index >= 15 is 0 Å². The van der Waals surface area contributed by atoms with Crippen LogP contribution in [0, 0.1) is 6.92 Å². The minimum atomic E-state index is -0.117. The number of nitrogen functional groups attached to an aromatic ring is 1. The number of benzene rings is 2. The normalized spacial score (nSPS) is 10.8. The van der Waals surface area contributed by atoms with Crippen LogP contribution in [0.25, 0.3) is 6.08 Å². The monoisotopic (exact) mass is 297 g/mol. The number of rotatable bonds is 5. The van der Waals surface area contributed by atoms with Crippen molar-refractivity contribution in [3.8, 4) is 11.5 Å². The van der Waals surface area contributed by atoms with E-state index in [1.807, 2.05) is 6.92 Å². The molecule has 0 saturated heterocycles. The topological polar surface area (TPSA) is 72.5 Å². The van der Waals surface area contributed by atoms with Crippen LogP contribution in [0.15, 0.2) is 42.5 Å². The fourth-order valence-electron chi connectivity index (χ4n) is 2.02. The number of ketones is 1. The second kappa shape index (κ2) is 6.80. The highest BCUT2D eigenvalue weighted by atomic mass is 16.5. The van der Waals surface area contributed by atoms with Gasteiger partial charge in [-0.05, 0) is 61.9 Å². The van der Waals surface area contributed by atoms with E-state index < -0.39 is 0 Å². The molecule has 4 heteroatoms. The van der Waals surface area contributed by atoms with Gasteiger partial charge in [-0.25, -0.2) is 0 Å². The molecule has 0 spiro atoms. The van der Waals surface area contributed by atoms with E-state index in [0.29, 0.717) is 23.6 Å². The summed E-state index contributed by atoms with van der Waals surface area (Å²) in [5.41, 5.74) is 8.27. The van der Waals surface area contributed by atoms with Gasteiger partial charge in [-0.1, -0.05) is 0 Å². The molecule has 0 saturated carbocycles. The number of anilines is 1. The molecular weight excluding hydrogens is 278 g/mol. The number of phenols is 1. The maximum atomic E-state index is 12.1. The average Bonchev–Trinajstić information content (AvgIpc) is 2.50. The Hall–Kier alpha value is -2.75. The summed E-state index contributed by atoms with van der Waals surface area (Å²) in [4.78, 5) is 12.1. The molecule has 0 aromatic heterocycles. The van der Waals surface area contributed by atoms with Gasteiger partial charge in [0.15, 0.2) is 5.78 Å². The first-order chi connectivity index (χ1) is 10.5. The molecule has 0 unspecified atom stereocenters. The standard InChI is InChI=1S/C18H19NO3/c1-3-22-18-11-17(21)12(2)10-14(18)6-9-16(20)13-4-7-15(19)8-5-13/h4-11,21H,3,19H2,1-2H3/b9-6+. The highest BCUT2D eigenvalue weighted by Crippen LogP contribution is 2.29. The summed E-state index contributed by atoms with van der Waals surface area (Å²) in [6, 6.07) is 10.1. The molecule has 2 rings (SSSR count). The van der Waals surface area contributed by atoms with E-state index in [0.717, 1.165) is 11.1 Å². The fourth-order valence-corrected chi connectivity index (χ4v) is 2.02. The molecule has 0 aliphatic carbocycles. The number of phenolic OH excluding ortho intramolecular Hbond substituents is 1. The van der Waals surface area contributed by atoms with E-state index in [-0.39, 0.29) is 11.5 Å². The lowest BCUT2D eigenvalue weighted by atomic mass is 10.1. The smallest absolute Gasteiger partial charge is 0.185 e. The molecule has 0 amide bonds. The van der Waals surface area contributed by atoms with Crippen LogP contribution in [0.5, 0.6) is 11.5 Å². The zero-order chi connectivity index (χ0) is 16.1. The van der Waals surface area contributed by atoms with Gasteiger partial charge < -0.3 is 15.6 Å². The predicted octanol–water partition coefficient (Wildman–Crippen LogP) is 3.58.